The Kier molecular flexibility index (Phi) is 5.53. The number of fused-ring (bicyclic) bond motifs is 1. The van der Waals surface area contributed by atoms with Crippen molar-refractivity contribution in [2.75, 3.05) is 10.2 Å². The van der Waals surface area contributed by atoms with Crippen molar-refractivity contribution in [1.82, 2.24) is 5.32 Å². The Labute approximate surface area is 176 Å². The van der Waals surface area contributed by atoms with Crippen molar-refractivity contribution in [3.8, 4) is 0 Å². The van der Waals surface area contributed by atoms with E-state index in [2.05, 4.69) is 23.6 Å². The van der Waals surface area contributed by atoms with Gasteiger partial charge >= 0.3 is 6.03 Å². The number of hydrogen-bond donors (Lipinski definition) is 2. The number of carbonyl (C=O) groups is 2. The Morgan fingerprint density at radius 2 is 1.80 bits per heavy atom. The van der Waals surface area contributed by atoms with Crippen LogP contribution in [0.4, 0.5) is 16.2 Å². The smallest absolute Gasteiger partial charge is 0.319 e. The lowest BCUT2D eigenvalue weighted by molar-refractivity contribution is 0.0981. The lowest BCUT2D eigenvalue weighted by Gasteiger charge is -2.23. The summed E-state index contributed by atoms with van der Waals surface area (Å²) in [6.45, 7) is 4.43. The minimum absolute atomic E-state index is 0.00384. The molecule has 0 unspecified atom stereocenters. The molecular weight excluding hydrogens is 374 g/mol. The van der Waals surface area contributed by atoms with Crippen LogP contribution in [0.2, 0.25) is 0 Å². The number of amides is 3. The predicted molar refractivity (Wildman–Crippen MR) is 120 cm³/mol. The van der Waals surface area contributed by atoms with Gasteiger partial charge in [-0.25, -0.2) is 4.79 Å². The van der Waals surface area contributed by atoms with Crippen molar-refractivity contribution >= 4 is 23.3 Å². The molecule has 0 spiro atoms. The van der Waals surface area contributed by atoms with Gasteiger partial charge in [0, 0.05) is 29.5 Å². The lowest BCUT2D eigenvalue weighted by Crippen LogP contribution is -2.35. The van der Waals surface area contributed by atoms with Crippen LogP contribution in [0.15, 0.2) is 72.8 Å². The first-order valence-corrected chi connectivity index (χ1v) is 10.1. The third kappa shape index (κ3) is 4.20. The fourth-order valence-electron chi connectivity index (χ4n) is 3.87. The van der Waals surface area contributed by atoms with E-state index in [9.17, 15) is 9.59 Å². The van der Waals surface area contributed by atoms with Crippen molar-refractivity contribution in [2.45, 2.75) is 32.9 Å². The zero-order valence-corrected chi connectivity index (χ0v) is 17.2. The van der Waals surface area contributed by atoms with Crippen LogP contribution in [0.5, 0.6) is 0 Å². The SMILES string of the molecule is Cc1cccc(NC(=O)NCc2ccc3c(c2)N(C(=O)c2ccccc2)[C@@H](C)C3)c1. The van der Waals surface area contributed by atoms with Crippen molar-refractivity contribution in [3.63, 3.8) is 0 Å². The van der Waals surface area contributed by atoms with E-state index in [0.29, 0.717) is 12.1 Å². The summed E-state index contributed by atoms with van der Waals surface area (Å²) < 4.78 is 0. The van der Waals surface area contributed by atoms with Crippen molar-refractivity contribution in [2.24, 2.45) is 0 Å². The number of aryl methyl sites for hydroxylation is 1. The van der Waals surface area contributed by atoms with Gasteiger partial charge in [0.15, 0.2) is 0 Å². The van der Waals surface area contributed by atoms with E-state index in [0.717, 1.165) is 34.5 Å². The number of rotatable bonds is 4. The minimum atomic E-state index is -0.258. The second-order valence-electron chi connectivity index (χ2n) is 7.73. The van der Waals surface area contributed by atoms with Gasteiger partial charge in [-0.15, -0.1) is 0 Å². The van der Waals surface area contributed by atoms with Crippen LogP contribution in [-0.2, 0) is 13.0 Å². The number of urea groups is 1. The standard InChI is InChI=1S/C25H25N3O2/c1-17-7-6-10-22(13-17)27-25(30)26-16-19-11-12-21-14-18(2)28(23(21)15-19)24(29)20-8-4-3-5-9-20/h3-13,15,18H,14,16H2,1-2H3,(H2,26,27,30)/t18-/m0/s1. The highest BCUT2D eigenvalue weighted by molar-refractivity contribution is 6.07. The van der Waals surface area contributed by atoms with Gasteiger partial charge in [-0.3, -0.25) is 4.79 Å². The quantitative estimate of drug-likeness (QED) is 0.655. The summed E-state index contributed by atoms with van der Waals surface area (Å²) in [6, 6.07) is 22.9. The number of hydrogen-bond acceptors (Lipinski definition) is 2. The lowest BCUT2D eigenvalue weighted by atomic mass is 10.1. The van der Waals surface area contributed by atoms with E-state index >= 15 is 0 Å². The molecule has 3 amide bonds. The maximum atomic E-state index is 13.1. The van der Waals surface area contributed by atoms with Crippen LogP contribution in [0.3, 0.4) is 0 Å². The number of carbonyl (C=O) groups excluding carboxylic acids is 2. The normalized spacial score (nSPS) is 14.9. The Morgan fingerprint density at radius 1 is 1.00 bits per heavy atom. The Morgan fingerprint density at radius 3 is 2.57 bits per heavy atom. The highest BCUT2D eigenvalue weighted by atomic mass is 16.2. The molecule has 152 valence electrons. The van der Waals surface area contributed by atoms with Crippen molar-refractivity contribution in [3.05, 3.63) is 95.1 Å². The van der Waals surface area contributed by atoms with Gasteiger partial charge in [0.05, 0.1) is 0 Å². The Balaban J connectivity index is 1.46. The Hall–Kier alpha value is -3.60. The topological polar surface area (TPSA) is 61.4 Å². The molecule has 0 saturated heterocycles. The van der Waals surface area contributed by atoms with Crippen LogP contribution >= 0.6 is 0 Å². The van der Waals surface area contributed by atoms with E-state index < -0.39 is 0 Å². The van der Waals surface area contributed by atoms with E-state index in [1.807, 2.05) is 78.6 Å². The molecule has 1 heterocycles. The molecule has 0 fully saturated rings. The molecule has 2 N–H and O–H groups in total. The maximum absolute atomic E-state index is 13.1. The molecule has 5 heteroatoms. The number of nitrogens with one attached hydrogen (secondary N) is 2. The molecule has 0 bridgehead atoms. The van der Waals surface area contributed by atoms with Gasteiger partial charge in [0.1, 0.15) is 0 Å². The van der Waals surface area contributed by atoms with Crippen molar-refractivity contribution < 1.29 is 9.59 Å². The fraction of sp³-hybridized carbons (Fsp3) is 0.200. The fourth-order valence-corrected chi connectivity index (χ4v) is 3.87. The molecule has 3 aromatic carbocycles. The average molecular weight is 399 g/mol. The summed E-state index contributed by atoms with van der Waals surface area (Å²) in [4.78, 5) is 27.2. The number of benzene rings is 3. The second-order valence-corrected chi connectivity index (χ2v) is 7.73. The molecule has 30 heavy (non-hydrogen) atoms. The minimum Gasteiger partial charge on any atom is -0.334 e. The zero-order valence-electron chi connectivity index (χ0n) is 17.2. The third-order valence-electron chi connectivity index (χ3n) is 5.33. The van der Waals surface area contributed by atoms with Gasteiger partial charge in [-0.1, -0.05) is 42.5 Å². The monoisotopic (exact) mass is 399 g/mol. The first-order chi connectivity index (χ1) is 14.5. The predicted octanol–water partition coefficient (Wildman–Crippen LogP) is 4.91. The molecule has 0 saturated carbocycles. The number of anilines is 2. The molecule has 1 aliphatic heterocycles. The summed E-state index contributed by atoms with van der Waals surface area (Å²) in [6.07, 6.45) is 0.829. The second kappa shape index (κ2) is 8.41. The first kappa shape index (κ1) is 19.7. The third-order valence-corrected chi connectivity index (χ3v) is 5.33. The number of nitrogens with zero attached hydrogens (tertiary/aromatic N) is 1. The molecule has 1 atom stereocenters. The van der Waals surface area contributed by atoms with E-state index in [-0.39, 0.29) is 18.0 Å². The molecule has 3 aromatic rings. The van der Waals surface area contributed by atoms with E-state index in [1.54, 1.807) is 0 Å². The molecule has 5 nitrogen and oxygen atoms in total. The summed E-state index contributed by atoms with van der Waals surface area (Å²) in [5.41, 5.74) is 5.56. The highest BCUT2D eigenvalue weighted by Gasteiger charge is 2.31. The molecule has 0 radical (unpaired) electrons. The van der Waals surface area contributed by atoms with Gasteiger partial charge in [-0.2, -0.15) is 0 Å². The summed E-state index contributed by atoms with van der Waals surface area (Å²) in [7, 11) is 0. The highest BCUT2D eigenvalue weighted by Crippen LogP contribution is 2.34. The molecule has 4 rings (SSSR count). The summed E-state index contributed by atoms with van der Waals surface area (Å²) in [5.74, 6) is 0.00384. The van der Waals surface area contributed by atoms with E-state index in [4.69, 9.17) is 0 Å². The summed E-state index contributed by atoms with van der Waals surface area (Å²) in [5, 5.41) is 5.74. The zero-order chi connectivity index (χ0) is 21.1. The Bertz CT molecular complexity index is 1080. The molecule has 0 aromatic heterocycles. The largest absolute Gasteiger partial charge is 0.334 e. The molecular formula is C25H25N3O2. The molecule has 1 aliphatic rings. The molecule has 0 aliphatic carbocycles. The van der Waals surface area contributed by atoms with Crippen molar-refractivity contribution in [1.29, 1.82) is 0 Å². The summed E-state index contributed by atoms with van der Waals surface area (Å²) >= 11 is 0. The van der Waals surface area contributed by atoms with Gasteiger partial charge in [-0.05, 0) is 67.3 Å². The van der Waals surface area contributed by atoms with E-state index in [1.165, 1.54) is 0 Å². The van der Waals surface area contributed by atoms with Crippen LogP contribution < -0.4 is 15.5 Å². The van der Waals surface area contributed by atoms with Gasteiger partial charge in [0.2, 0.25) is 0 Å². The average Bonchev–Trinajstić information content (AvgIpc) is 3.07. The van der Waals surface area contributed by atoms with Gasteiger partial charge in [0.25, 0.3) is 5.91 Å². The van der Waals surface area contributed by atoms with Crippen LogP contribution in [0, 0.1) is 6.92 Å². The first-order valence-electron chi connectivity index (χ1n) is 10.1. The van der Waals surface area contributed by atoms with Crippen LogP contribution in [0.1, 0.15) is 34.0 Å². The van der Waals surface area contributed by atoms with Gasteiger partial charge < -0.3 is 15.5 Å². The maximum Gasteiger partial charge on any atom is 0.319 e. The van der Waals surface area contributed by atoms with Crippen LogP contribution in [0.25, 0.3) is 0 Å². The van der Waals surface area contributed by atoms with Crippen LogP contribution in [-0.4, -0.2) is 18.0 Å².